The molecule has 0 aliphatic carbocycles. The number of imidazole rings is 1. The zero-order chi connectivity index (χ0) is 16.4. The molecule has 0 fully saturated rings. The summed E-state index contributed by atoms with van der Waals surface area (Å²) < 4.78 is 1.77. The zero-order valence-electron chi connectivity index (χ0n) is 12.7. The van der Waals surface area contributed by atoms with Crippen LogP contribution in [0.1, 0.15) is 15.9 Å². The van der Waals surface area contributed by atoms with Gasteiger partial charge in [-0.15, -0.1) is 0 Å². The summed E-state index contributed by atoms with van der Waals surface area (Å²) in [6.07, 6.45) is 8.52. The Morgan fingerprint density at radius 1 is 1.21 bits per heavy atom. The number of nitrogens with one attached hydrogen (secondary N) is 2. The van der Waals surface area contributed by atoms with Crippen molar-refractivity contribution in [1.29, 1.82) is 0 Å². The number of H-pyrrole nitrogens is 1. The number of aromatic amines is 1. The van der Waals surface area contributed by atoms with E-state index in [1.165, 1.54) is 0 Å². The molecule has 118 valence electrons. The number of rotatable bonds is 4. The molecule has 0 aliphatic heterocycles. The van der Waals surface area contributed by atoms with Gasteiger partial charge in [-0.2, -0.15) is 5.10 Å². The van der Waals surface area contributed by atoms with Gasteiger partial charge >= 0.3 is 0 Å². The number of benzene rings is 1. The molecule has 0 aliphatic rings. The second kappa shape index (κ2) is 5.96. The quantitative estimate of drug-likeness (QED) is 0.605. The number of nitrogens with zero attached hydrogens (tertiary/aromatic N) is 4. The first-order valence-electron chi connectivity index (χ1n) is 7.44. The fourth-order valence-corrected chi connectivity index (χ4v) is 2.47. The van der Waals surface area contributed by atoms with Crippen LogP contribution in [0.3, 0.4) is 0 Å². The molecule has 7 nitrogen and oxygen atoms in total. The van der Waals surface area contributed by atoms with Gasteiger partial charge in [0, 0.05) is 24.2 Å². The average Bonchev–Trinajstić information content (AvgIpc) is 3.24. The standard InChI is InChI=1S/C17H14N6O/c24-17(13-1-2-15-16(7-13)20-11-19-15)22-14-8-21-23(10-14)9-12-3-5-18-6-4-12/h1-8,10-11H,9H2,(H,19,20)(H,22,24). The Labute approximate surface area is 137 Å². The molecule has 0 saturated heterocycles. The fourth-order valence-electron chi connectivity index (χ4n) is 2.47. The topological polar surface area (TPSA) is 88.5 Å². The van der Waals surface area contributed by atoms with E-state index in [2.05, 4.69) is 25.4 Å². The van der Waals surface area contributed by atoms with Gasteiger partial charge in [0.15, 0.2) is 0 Å². The van der Waals surface area contributed by atoms with E-state index >= 15 is 0 Å². The summed E-state index contributed by atoms with van der Waals surface area (Å²) in [5, 5.41) is 7.12. The molecule has 4 aromatic rings. The van der Waals surface area contributed by atoms with E-state index in [0.29, 0.717) is 17.8 Å². The highest BCUT2D eigenvalue weighted by Gasteiger charge is 2.09. The van der Waals surface area contributed by atoms with Gasteiger partial charge in [-0.25, -0.2) is 4.98 Å². The molecule has 1 aromatic carbocycles. The van der Waals surface area contributed by atoms with E-state index in [4.69, 9.17) is 0 Å². The van der Waals surface area contributed by atoms with Crippen LogP contribution in [0.25, 0.3) is 11.0 Å². The summed E-state index contributed by atoms with van der Waals surface area (Å²) in [5.41, 5.74) is 3.97. The van der Waals surface area contributed by atoms with Gasteiger partial charge in [0.25, 0.3) is 5.91 Å². The van der Waals surface area contributed by atoms with Crippen molar-refractivity contribution in [2.75, 3.05) is 5.32 Å². The third kappa shape index (κ3) is 2.87. The number of amides is 1. The number of fused-ring (bicyclic) bond motifs is 1. The number of hydrogen-bond acceptors (Lipinski definition) is 4. The first-order chi connectivity index (χ1) is 11.8. The third-order valence-electron chi connectivity index (χ3n) is 3.67. The van der Waals surface area contributed by atoms with Crippen LogP contribution in [0.2, 0.25) is 0 Å². The highest BCUT2D eigenvalue weighted by atomic mass is 16.1. The number of carbonyl (C=O) groups excluding carboxylic acids is 1. The molecule has 3 heterocycles. The Morgan fingerprint density at radius 2 is 2.08 bits per heavy atom. The van der Waals surface area contributed by atoms with Crippen molar-refractivity contribution < 1.29 is 4.79 Å². The number of aromatic nitrogens is 5. The Balaban J connectivity index is 1.47. The second-order valence-corrected chi connectivity index (χ2v) is 5.37. The third-order valence-corrected chi connectivity index (χ3v) is 3.67. The van der Waals surface area contributed by atoms with Gasteiger partial charge in [0.2, 0.25) is 0 Å². The summed E-state index contributed by atoms with van der Waals surface area (Å²) in [5.74, 6) is -0.185. The molecular formula is C17H14N6O. The van der Waals surface area contributed by atoms with Crippen molar-refractivity contribution in [3.05, 3.63) is 72.6 Å². The van der Waals surface area contributed by atoms with E-state index in [0.717, 1.165) is 16.6 Å². The highest BCUT2D eigenvalue weighted by Crippen LogP contribution is 2.14. The van der Waals surface area contributed by atoms with Gasteiger partial charge in [-0.1, -0.05) is 0 Å². The summed E-state index contributed by atoms with van der Waals surface area (Å²) in [6.45, 7) is 0.624. The summed E-state index contributed by atoms with van der Waals surface area (Å²) >= 11 is 0. The minimum Gasteiger partial charge on any atom is -0.345 e. The lowest BCUT2D eigenvalue weighted by Crippen LogP contribution is -2.11. The number of hydrogen-bond donors (Lipinski definition) is 2. The normalized spacial score (nSPS) is 10.8. The van der Waals surface area contributed by atoms with Gasteiger partial charge in [-0.05, 0) is 35.9 Å². The van der Waals surface area contributed by atoms with E-state index in [1.807, 2.05) is 18.2 Å². The average molecular weight is 318 g/mol. The van der Waals surface area contributed by atoms with Crippen molar-refractivity contribution in [2.45, 2.75) is 6.54 Å². The Bertz CT molecular complexity index is 988. The van der Waals surface area contributed by atoms with Crippen LogP contribution in [-0.2, 0) is 6.54 Å². The first-order valence-corrected chi connectivity index (χ1v) is 7.44. The van der Waals surface area contributed by atoms with Crippen molar-refractivity contribution in [3.8, 4) is 0 Å². The van der Waals surface area contributed by atoms with E-state index in [-0.39, 0.29) is 5.91 Å². The Morgan fingerprint density at radius 3 is 2.96 bits per heavy atom. The lowest BCUT2D eigenvalue weighted by molar-refractivity contribution is 0.102. The molecule has 3 aromatic heterocycles. The predicted octanol–water partition coefficient (Wildman–Crippen LogP) is 2.46. The number of carbonyl (C=O) groups is 1. The first kappa shape index (κ1) is 14.1. The molecule has 0 atom stereocenters. The molecule has 7 heteroatoms. The number of anilines is 1. The molecule has 0 bridgehead atoms. The van der Waals surface area contributed by atoms with Crippen LogP contribution in [0.15, 0.2) is 61.4 Å². The number of pyridine rings is 1. The molecule has 0 unspecified atom stereocenters. The highest BCUT2D eigenvalue weighted by molar-refractivity contribution is 6.05. The maximum atomic E-state index is 12.4. The SMILES string of the molecule is O=C(Nc1cnn(Cc2ccncc2)c1)c1ccc2nc[nH]c2c1. The van der Waals surface area contributed by atoms with Gasteiger partial charge in [0.1, 0.15) is 0 Å². The molecule has 24 heavy (non-hydrogen) atoms. The van der Waals surface area contributed by atoms with Crippen LogP contribution in [0, 0.1) is 0 Å². The van der Waals surface area contributed by atoms with Crippen LogP contribution in [-0.4, -0.2) is 30.6 Å². The molecule has 0 saturated carbocycles. The maximum Gasteiger partial charge on any atom is 0.255 e. The van der Waals surface area contributed by atoms with E-state index < -0.39 is 0 Å². The van der Waals surface area contributed by atoms with Crippen molar-refractivity contribution >= 4 is 22.6 Å². The van der Waals surface area contributed by atoms with Crippen molar-refractivity contribution in [3.63, 3.8) is 0 Å². The zero-order valence-corrected chi connectivity index (χ0v) is 12.7. The second-order valence-electron chi connectivity index (χ2n) is 5.37. The molecule has 0 radical (unpaired) electrons. The molecule has 4 rings (SSSR count). The molecule has 1 amide bonds. The lowest BCUT2D eigenvalue weighted by Gasteiger charge is -2.03. The lowest BCUT2D eigenvalue weighted by atomic mass is 10.2. The summed E-state index contributed by atoms with van der Waals surface area (Å²) in [4.78, 5) is 23.5. The van der Waals surface area contributed by atoms with Gasteiger partial charge in [-0.3, -0.25) is 14.5 Å². The summed E-state index contributed by atoms with van der Waals surface area (Å²) in [7, 11) is 0. The largest absolute Gasteiger partial charge is 0.345 e. The maximum absolute atomic E-state index is 12.4. The van der Waals surface area contributed by atoms with Crippen LogP contribution in [0.4, 0.5) is 5.69 Å². The fraction of sp³-hybridized carbons (Fsp3) is 0.0588. The van der Waals surface area contributed by atoms with E-state index in [1.54, 1.807) is 47.9 Å². The Kier molecular flexibility index (Phi) is 3.51. The van der Waals surface area contributed by atoms with E-state index in [9.17, 15) is 4.79 Å². The molecule has 2 N–H and O–H groups in total. The minimum absolute atomic E-state index is 0.185. The molecule has 0 spiro atoms. The van der Waals surface area contributed by atoms with Gasteiger partial charge < -0.3 is 10.3 Å². The van der Waals surface area contributed by atoms with Crippen molar-refractivity contribution in [1.82, 2.24) is 24.7 Å². The smallest absolute Gasteiger partial charge is 0.255 e. The van der Waals surface area contributed by atoms with Crippen LogP contribution < -0.4 is 5.32 Å². The molecular weight excluding hydrogens is 304 g/mol. The van der Waals surface area contributed by atoms with Gasteiger partial charge in [0.05, 0.1) is 35.8 Å². The van der Waals surface area contributed by atoms with Crippen molar-refractivity contribution in [2.24, 2.45) is 0 Å². The van der Waals surface area contributed by atoms with Crippen LogP contribution >= 0.6 is 0 Å². The summed E-state index contributed by atoms with van der Waals surface area (Å²) in [6, 6.07) is 9.20. The van der Waals surface area contributed by atoms with Crippen LogP contribution in [0.5, 0.6) is 0 Å². The predicted molar refractivity (Wildman–Crippen MR) is 89.6 cm³/mol. The Hall–Kier alpha value is -3.48. The monoisotopic (exact) mass is 318 g/mol. The minimum atomic E-state index is -0.185.